The topological polar surface area (TPSA) is 84.5 Å². The maximum absolute atomic E-state index is 13.5. The van der Waals surface area contributed by atoms with Crippen LogP contribution in [-0.4, -0.2) is 27.5 Å². The van der Waals surface area contributed by atoms with Gasteiger partial charge in [0.05, 0.1) is 13.2 Å². The summed E-state index contributed by atoms with van der Waals surface area (Å²) in [6.45, 7) is 1.41. The van der Waals surface area contributed by atoms with E-state index in [1.165, 1.54) is 20.1 Å². The SMILES string of the molecule is COc1ccc(F)cc1S(=O)(=O)NC(C)C(=O)Nc1cccc2ccccc12. The fourth-order valence-corrected chi connectivity index (χ4v) is 4.17. The first kappa shape index (κ1) is 19.8. The van der Waals surface area contributed by atoms with Crippen LogP contribution >= 0.6 is 0 Å². The first-order valence-electron chi connectivity index (χ1n) is 8.46. The first-order chi connectivity index (χ1) is 13.3. The van der Waals surface area contributed by atoms with Crippen molar-refractivity contribution in [3.8, 4) is 5.75 Å². The number of hydrogen-bond donors (Lipinski definition) is 2. The number of benzene rings is 3. The van der Waals surface area contributed by atoms with Crippen LogP contribution in [0.1, 0.15) is 6.92 Å². The minimum atomic E-state index is -4.18. The molecule has 0 bridgehead atoms. The summed E-state index contributed by atoms with van der Waals surface area (Å²) in [5, 5.41) is 4.50. The van der Waals surface area contributed by atoms with E-state index in [-0.39, 0.29) is 10.6 Å². The molecule has 1 atom stereocenters. The average Bonchev–Trinajstić information content (AvgIpc) is 2.68. The maximum Gasteiger partial charge on any atom is 0.245 e. The number of anilines is 1. The summed E-state index contributed by atoms with van der Waals surface area (Å²) < 4.78 is 46.0. The second-order valence-electron chi connectivity index (χ2n) is 6.15. The van der Waals surface area contributed by atoms with Gasteiger partial charge in [-0.25, -0.2) is 12.8 Å². The Balaban J connectivity index is 1.81. The van der Waals surface area contributed by atoms with Gasteiger partial charge in [0.2, 0.25) is 15.9 Å². The molecule has 0 aromatic heterocycles. The first-order valence-corrected chi connectivity index (χ1v) is 9.94. The Morgan fingerprint density at radius 2 is 1.79 bits per heavy atom. The van der Waals surface area contributed by atoms with Crippen molar-refractivity contribution < 1.29 is 22.3 Å². The van der Waals surface area contributed by atoms with Gasteiger partial charge in [0, 0.05) is 11.1 Å². The van der Waals surface area contributed by atoms with Gasteiger partial charge in [0.15, 0.2) is 0 Å². The maximum atomic E-state index is 13.5. The van der Waals surface area contributed by atoms with E-state index >= 15 is 0 Å². The summed E-state index contributed by atoms with van der Waals surface area (Å²) in [6.07, 6.45) is 0. The molecule has 146 valence electrons. The molecule has 0 saturated carbocycles. The van der Waals surface area contributed by atoms with Crippen molar-refractivity contribution in [3.63, 3.8) is 0 Å². The number of ether oxygens (including phenoxy) is 1. The third-order valence-corrected chi connectivity index (χ3v) is 5.75. The van der Waals surface area contributed by atoms with Gasteiger partial charge >= 0.3 is 0 Å². The molecule has 8 heteroatoms. The van der Waals surface area contributed by atoms with Crippen LogP contribution in [0.3, 0.4) is 0 Å². The van der Waals surface area contributed by atoms with Crippen molar-refractivity contribution in [1.82, 2.24) is 4.72 Å². The summed E-state index contributed by atoms with van der Waals surface area (Å²) in [5.41, 5.74) is 0.567. The smallest absolute Gasteiger partial charge is 0.245 e. The lowest BCUT2D eigenvalue weighted by molar-refractivity contribution is -0.117. The highest BCUT2D eigenvalue weighted by Crippen LogP contribution is 2.25. The Labute approximate surface area is 162 Å². The zero-order valence-electron chi connectivity index (χ0n) is 15.3. The summed E-state index contributed by atoms with van der Waals surface area (Å²) in [6, 6.07) is 15.0. The molecule has 0 fully saturated rings. The highest BCUT2D eigenvalue weighted by molar-refractivity contribution is 7.89. The van der Waals surface area contributed by atoms with Gasteiger partial charge in [-0.3, -0.25) is 4.79 Å². The molecule has 0 spiro atoms. The molecule has 0 aliphatic carbocycles. The molecule has 2 N–H and O–H groups in total. The number of halogens is 1. The van der Waals surface area contributed by atoms with Gasteiger partial charge in [-0.05, 0) is 36.6 Å². The van der Waals surface area contributed by atoms with Crippen LogP contribution in [0.4, 0.5) is 10.1 Å². The number of carbonyl (C=O) groups excluding carboxylic acids is 1. The molecule has 0 radical (unpaired) electrons. The van der Waals surface area contributed by atoms with Crippen molar-refractivity contribution in [2.45, 2.75) is 17.9 Å². The van der Waals surface area contributed by atoms with Crippen molar-refractivity contribution >= 4 is 32.4 Å². The predicted molar refractivity (Wildman–Crippen MR) is 105 cm³/mol. The zero-order chi connectivity index (χ0) is 20.3. The quantitative estimate of drug-likeness (QED) is 0.663. The number of rotatable bonds is 6. The summed E-state index contributed by atoms with van der Waals surface area (Å²) >= 11 is 0. The third kappa shape index (κ3) is 4.13. The van der Waals surface area contributed by atoms with Crippen LogP contribution in [0.2, 0.25) is 0 Å². The number of fused-ring (bicyclic) bond motifs is 1. The average molecular weight is 402 g/mol. The van der Waals surface area contributed by atoms with Gasteiger partial charge < -0.3 is 10.1 Å². The van der Waals surface area contributed by atoms with Crippen LogP contribution in [-0.2, 0) is 14.8 Å². The lowest BCUT2D eigenvalue weighted by Crippen LogP contribution is -2.41. The van der Waals surface area contributed by atoms with Crippen LogP contribution in [0.15, 0.2) is 65.6 Å². The van der Waals surface area contributed by atoms with E-state index in [9.17, 15) is 17.6 Å². The van der Waals surface area contributed by atoms with Crippen molar-refractivity contribution in [2.75, 3.05) is 12.4 Å². The molecule has 1 unspecified atom stereocenters. The van der Waals surface area contributed by atoms with E-state index in [1.807, 2.05) is 30.3 Å². The number of sulfonamides is 1. The van der Waals surface area contributed by atoms with E-state index in [4.69, 9.17) is 4.74 Å². The lowest BCUT2D eigenvalue weighted by atomic mass is 10.1. The number of methoxy groups -OCH3 is 1. The molecule has 0 saturated heterocycles. The molecule has 0 aliphatic heterocycles. The van der Waals surface area contributed by atoms with E-state index in [1.54, 1.807) is 12.1 Å². The van der Waals surface area contributed by atoms with Crippen molar-refractivity contribution in [3.05, 3.63) is 66.5 Å². The zero-order valence-corrected chi connectivity index (χ0v) is 16.1. The fraction of sp³-hybridized carbons (Fsp3) is 0.150. The normalized spacial score (nSPS) is 12.5. The van der Waals surface area contributed by atoms with Gasteiger partial charge in [-0.2, -0.15) is 4.72 Å². The van der Waals surface area contributed by atoms with E-state index in [2.05, 4.69) is 10.0 Å². The molecule has 3 aromatic rings. The monoisotopic (exact) mass is 402 g/mol. The third-order valence-electron chi connectivity index (χ3n) is 4.19. The second-order valence-corrected chi connectivity index (χ2v) is 7.84. The van der Waals surface area contributed by atoms with E-state index in [0.717, 1.165) is 22.9 Å². The lowest BCUT2D eigenvalue weighted by Gasteiger charge is -2.16. The molecule has 3 rings (SSSR count). The second kappa shape index (κ2) is 7.95. The Kier molecular flexibility index (Phi) is 5.62. The highest BCUT2D eigenvalue weighted by atomic mass is 32.2. The minimum Gasteiger partial charge on any atom is -0.495 e. The van der Waals surface area contributed by atoms with Gasteiger partial charge in [0.1, 0.15) is 16.5 Å². The number of nitrogens with one attached hydrogen (secondary N) is 2. The molecule has 0 aliphatic rings. The van der Waals surface area contributed by atoms with Crippen molar-refractivity contribution in [2.24, 2.45) is 0 Å². The van der Waals surface area contributed by atoms with Crippen LogP contribution in [0.25, 0.3) is 10.8 Å². The number of hydrogen-bond acceptors (Lipinski definition) is 4. The molecule has 1 amide bonds. The Bertz CT molecular complexity index is 1130. The summed E-state index contributed by atoms with van der Waals surface area (Å²) in [5.74, 6) is -1.29. The standard InChI is InChI=1S/C20H19FN2O4S/c1-13(23-28(25,26)19-12-15(21)10-11-18(19)27-2)20(24)22-17-9-5-7-14-6-3-4-8-16(14)17/h3-13,23H,1-2H3,(H,22,24). The highest BCUT2D eigenvalue weighted by Gasteiger charge is 2.26. The molecule has 0 heterocycles. The Morgan fingerprint density at radius 1 is 1.07 bits per heavy atom. The summed E-state index contributed by atoms with van der Waals surface area (Å²) in [4.78, 5) is 12.2. The van der Waals surface area contributed by atoms with Gasteiger partial charge in [-0.1, -0.05) is 36.4 Å². The molecule has 6 nitrogen and oxygen atoms in total. The molecular formula is C20H19FN2O4S. The Morgan fingerprint density at radius 3 is 2.54 bits per heavy atom. The Hall–Kier alpha value is -2.97. The number of amides is 1. The van der Waals surface area contributed by atoms with Gasteiger partial charge in [-0.15, -0.1) is 0 Å². The van der Waals surface area contributed by atoms with Gasteiger partial charge in [0.25, 0.3) is 0 Å². The van der Waals surface area contributed by atoms with E-state index < -0.39 is 27.8 Å². The molecular weight excluding hydrogens is 383 g/mol. The predicted octanol–water partition coefficient (Wildman–Crippen LogP) is 3.29. The minimum absolute atomic E-state index is 0.0180. The van der Waals surface area contributed by atoms with Crippen LogP contribution < -0.4 is 14.8 Å². The molecule has 28 heavy (non-hydrogen) atoms. The van der Waals surface area contributed by atoms with Crippen LogP contribution in [0, 0.1) is 5.82 Å². The van der Waals surface area contributed by atoms with Crippen molar-refractivity contribution in [1.29, 1.82) is 0 Å². The fourth-order valence-electron chi connectivity index (χ4n) is 2.79. The summed E-state index contributed by atoms with van der Waals surface area (Å²) in [7, 11) is -2.90. The van der Waals surface area contributed by atoms with Crippen LogP contribution in [0.5, 0.6) is 5.75 Å². The number of carbonyl (C=O) groups is 1. The largest absolute Gasteiger partial charge is 0.495 e. The molecule has 3 aromatic carbocycles. The van der Waals surface area contributed by atoms with E-state index in [0.29, 0.717) is 5.69 Å².